The van der Waals surface area contributed by atoms with E-state index in [-0.39, 0.29) is 12.1 Å². The van der Waals surface area contributed by atoms with Crippen LogP contribution in [0.15, 0.2) is 73.1 Å². The van der Waals surface area contributed by atoms with Crippen molar-refractivity contribution in [3.63, 3.8) is 0 Å². The summed E-state index contributed by atoms with van der Waals surface area (Å²) < 4.78 is 2.14. The Morgan fingerprint density at radius 1 is 1.00 bits per heavy atom. The SMILES string of the molecule is Cn1cccc1[C@@H]1[C@@H](c2ccccn2)NC(=S)N1c1ccccc1. The number of para-hydroxylation sites is 1. The molecular formula is C19H18N4S. The van der Waals surface area contributed by atoms with Gasteiger partial charge in [-0.15, -0.1) is 0 Å². The maximum absolute atomic E-state index is 5.67. The lowest BCUT2D eigenvalue weighted by Crippen LogP contribution is -2.30. The predicted octanol–water partition coefficient (Wildman–Crippen LogP) is 3.60. The molecule has 24 heavy (non-hydrogen) atoms. The maximum atomic E-state index is 5.67. The van der Waals surface area contributed by atoms with Gasteiger partial charge in [0.2, 0.25) is 0 Å². The van der Waals surface area contributed by atoms with Crippen molar-refractivity contribution in [3.8, 4) is 0 Å². The molecule has 120 valence electrons. The molecule has 0 bridgehead atoms. The van der Waals surface area contributed by atoms with Crippen LogP contribution in [-0.4, -0.2) is 14.7 Å². The lowest BCUT2D eigenvalue weighted by atomic mass is 10.0. The third-order valence-corrected chi connectivity index (χ3v) is 4.73. The molecule has 5 heteroatoms. The minimum Gasteiger partial charge on any atom is -0.353 e. The molecule has 0 radical (unpaired) electrons. The number of nitrogens with one attached hydrogen (secondary N) is 1. The van der Waals surface area contributed by atoms with Crippen molar-refractivity contribution in [2.24, 2.45) is 7.05 Å². The first-order chi connectivity index (χ1) is 11.8. The van der Waals surface area contributed by atoms with Gasteiger partial charge >= 0.3 is 0 Å². The van der Waals surface area contributed by atoms with E-state index in [2.05, 4.69) is 57.3 Å². The van der Waals surface area contributed by atoms with E-state index in [0.29, 0.717) is 0 Å². The first-order valence-corrected chi connectivity index (χ1v) is 8.33. The van der Waals surface area contributed by atoms with Gasteiger partial charge in [-0.2, -0.15) is 0 Å². The van der Waals surface area contributed by atoms with E-state index in [1.165, 1.54) is 5.69 Å². The molecule has 0 amide bonds. The number of rotatable bonds is 3. The summed E-state index contributed by atoms with van der Waals surface area (Å²) in [6.45, 7) is 0. The van der Waals surface area contributed by atoms with Crippen LogP contribution in [0.3, 0.4) is 0 Å². The molecule has 2 atom stereocenters. The Labute approximate surface area is 146 Å². The first kappa shape index (κ1) is 14.9. The van der Waals surface area contributed by atoms with Crippen LogP contribution >= 0.6 is 12.2 Å². The number of thiocarbonyl (C=S) groups is 1. The molecule has 1 aliphatic rings. The Morgan fingerprint density at radius 3 is 2.46 bits per heavy atom. The molecule has 4 nitrogen and oxygen atoms in total. The first-order valence-electron chi connectivity index (χ1n) is 7.92. The second-order valence-electron chi connectivity index (χ2n) is 5.88. The summed E-state index contributed by atoms with van der Waals surface area (Å²) >= 11 is 5.67. The van der Waals surface area contributed by atoms with Gasteiger partial charge in [0.1, 0.15) is 6.04 Å². The van der Waals surface area contributed by atoms with Crippen molar-refractivity contribution < 1.29 is 0 Å². The van der Waals surface area contributed by atoms with E-state index in [4.69, 9.17) is 12.2 Å². The van der Waals surface area contributed by atoms with E-state index in [1.54, 1.807) is 0 Å². The smallest absolute Gasteiger partial charge is 0.174 e. The summed E-state index contributed by atoms with van der Waals surface area (Å²) in [5.41, 5.74) is 3.27. The monoisotopic (exact) mass is 334 g/mol. The molecule has 1 aromatic carbocycles. The van der Waals surface area contributed by atoms with E-state index < -0.39 is 0 Å². The zero-order valence-electron chi connectivity index (χ0n) is 13.3. The highest BCUT2D eigenvalue weighted by Gasteiger charge is 2.41. The van der Waals surface area contributed by atoms with Gasteiger partial charge in [-0.1, -0.05) is 24.3 Å². The predicted molar refractivity (Wildman–Crippen MR) is 99.8 cm³/mol. The minimum absolute atomic E-state index is 0.00695. The molecule has 0 spiro atoms. The van der Waals surface area contributed by atoms with Crippen LogP contribution in [0.2, 0.25) is 0 Å². The molecule has 3 aromatic rings. The van der Waals surface area contributed by atoms with Crippen molar-refractivity contribution in [1.82, 2.24) is 14.9 Å². The van der Waals surface area contributed by atoms with Gasteiger partial charge in [-0.25, -0.2) is 0 Å². The summed E-state index contributed by atoms with van der Waals surface area (Å²) in [6, 6.07) is 20.5. The number of benzene rings is 1. The molecule has 0 unspecified atom stereocenters. The lowest BCUT2D eigenvalue weighted by Gasteiger charge is -2.28. The van der Waals surface area contributed by atoms with Gasteiger partial charge in [0.15, 0.2) is 5.11 Å². The van der Waals surface area contributed by atoms with Crippen molar-refractivity contribution in [2.45, 2.75) is 12.1 Å². The van der Waals surface area contributed by atoms with E-state index in [1.807, 2.05) is 42.6 Å². The topological polar surface area (TPSA) is 33.1 Å². The van der Waals surface area contributed by atoms with Crippen LogP contribution in [0, 0.1) is 0 Å². The fourth-order valence-corrected chi connectivity index (χ4v) is 3.65. The van der Waals surface area contributed by atoms with Crippen molar-refractivity contribution in [2.75, 3.05) is 4.90 Å². The summed E-state index contributed by atoms with van der Waals surface area (Å²) in [7, 11) is 2.06. The highest BCUT2D eigenvalue weighted by molar-refractivity contribution is 7.80. The van der Waals surface area contributed by atoms with Gasteiger partial charge in [-0.05, 0) is 48.6 Å². The second kappa shape index (κ2) is 6.09. The van der Waals surface area contributed by atoms with Gasteiger partial charge in [0, 0.05) is 30.8 Å². The van der Waals surface area contributed by atoms with E-state index in [0.717, 1.165) is 16.5 Å². The van der Waals surface area contributed by atoms with Gasteiger partial charge < -0.3 is 14.8 Å². The van der Waals surface area contributed by atoms with Crippen LogP contribution < -0.4 is 10.2 Å². The normalized spacial score (nSPS) is 20.2. The number of aromatic nitrogens is 2. The zero-order chi connectivity index (χ0) is 16.5. The third kappa shape index (κ3) is 2.47. The molecule has 4 rings (SSSR count). The number of anilines is 1. The summed E-state index contributed by atoms with van der Waals surface area (Å²) in [5.74, 6) is 0. The molecule has 1 saturated heterocycles. The Hall–Kier alpha value is -2.66. The maximum Gasteiger partial charge on any atom is 0.174 e. The molecule has 1 aliphatic heterocycles. The average Bonchev–Trinajstić information content (AvgIpc) is 3.19. The number of hydrogen-bond donors (Lipinski definition) is 1. The average molecular weight is 334 g/mol. The third-order valence-electron chi connectivity index (χ3n) is 4.42. The number of pyridine rings is 1. The van der Waals surface area contributed by atoms with Crippen LogP contribution in [0.4, 0.5) is 5.69 Å². The number of hydrogen-bond acceptors (Lipinski definition) is 2. The van der Waals surface area contributed by atoms with Crippen molar-refractivity contribution in [1.29, 1.82) is 0 Å². The molecular weight excluding hydrogens is 316 g/mol. The number of aryl methyl sites for hydroxylation is 1. The summed E-state index contributed by atoms with van der Waals surface area (Å²) in [5, 5.41) is 4.19. The van der Waals surface area contributed by atoms with Crippen LogP contribution in [0.1, 0.15) is 23.5 Å². The molecule has 3 heterocycles. The van der Waals surface area contributed by atoms with Gasteiger partial charge in [0.05, 0.1) is 11.7 Å². The van der Waals surface area contributed by atoms with E-state index in [9.17, 15) is 0 Å². The Kier molecular flexibility index (Phi) is 3.78. The van der Waals surface area contributed by atoms with Crippen LogP contribution in [0.5, 0.6) is 0 Å². The van der Waals surface area contributed by atoms with Crippen molar-refractivity contribution in [3.05, 3.63) is 84.4 Å². The highest BCUT2D eigenvalue weighted by atomic mass is 32.1. The quantitative estimate of drug-likeness (QED) is 0.742. The fourth-order valence-electron chi connectivity index (χ4n) is 3.30. The zero-order valence-corrected chi connectivity index (χ0v) is 14.1. The number of nitrogens with zero attached hydrogens (tertiary/aromatic N) is 3. The molecule has 1 fully saturated rings. The molecule has 0 saturated carbocycles. The summed E-state index contributed by atoms with van der Waals surface area (Å²) in [4.78, 5) is 6.74. The van der Waals surface area contributed by atoms with Crippen molar-refractivity contribution >= 4 is 23.0 Å². The largest absolute Gasteiger partial charge is 0.353 e. The Morgan fingerprint density at radius 2 is 1.79 bits per heavy atom. The Bertz CT molecular complexity index is 844. The molecule has 2 aromatic heterocycles. The Balaban J connectivity index is 1.84. The minimum atomic E-state index is 0.00695. The fraction of sp³-hybridized carbons (Fsp3) is 0.158. The standard InChI is InChI=1S/C19H18N4S/c1-22-13-7-11-16(22)18-17(15-10-5-6-12-20-15)21-19(24)23(18)14-8-3-2-4-9-14/h2-13,17-18H,1H3,(H,21,24)/t17-,18-/m1/s1. The van der Waals surface area contributed by atoms with Gasteiger partial charge in [-0.3, -0.25) is 4.98 Å². The van der Waals surface area contributed by atoms with Gasteiger partial charge in [0.25, 0.3) is 0 Å². The second-order valence-corrected chi connectivity index (χ2v) is 6.26. The van der Waals surface area contributed by atoms with Crippen LogP contribution in [0.25, 0.3) is 0 Å². The molecule has 0 aliphatic carbocycles. The van der Waals surface area contributed by atoms with E-state index >= 15 is 0 Å². The summed E-state index contributed by atoms with van der Waals surface area (Å²) in [6.07, 6.45) is 3.89. The lowest BCUT2D eigenvalue weighted by molar-refractivity contribution is 0.541. The van der Waals surface area contributed by atoms with Crippen LogP contribution in [-0.2, 0) is 7.05 Å². The molecule has 1 N–H and O–H groups in total. The highest BCUT2D eigenvalue weighted by Crippen LogP contribution is 2.41.